The van der Waals surface area contributed by atoms with Gasteiger partial charge in [0.25, 0.3) is 0 Å². The predicted molar refractivity (Wildman–Crippen MR) is 73.4 cm³/mol. The molecule has 1 rings (SSSR count). The fraction of sp³-hybridized carbons (Fsp3) is 1.00. The van der Waals surface area contributed by atoms with Crippen molar-refractivity contribution in [2.75, 3.05) is 33.3 Å². The second kappa shape index (κ2) is 8.06. The second-order valence-corrected chi connectivity index (χ2v) is 5.53. The molecule has 0 aromatic carbocycles. The average Bonchev–Trinajstić information content (AvgIpc) is 2.33. The largest absolute Gasteiger partial charge is 0.377 e. The lowest BCUT2D eigenvalue weighted by atomic mass is 10.0. The van der Waals surface area contributed by atoms with Gasteiger partial charge in [-0.25, -0.2) is 0 Å². The minimum Gasteiger partial charge on any atom is -0.377 e. The highest BCUT2D eigenvalue weighted by Crippen LogP contribution is 2.15. The normalized spacial score (nSPS) is 24.2. The summed E-state index contributed by atoms with van der Waals surface area (Å²) in [6, 6.07) is 0.597. The molecule has 0 aromatic heterocycles. The fourth-order valence-corrected chi connectivity index (χ4v) is 2.51. The summed E-state index contributed by atoms with van der Waals surface area (Å²) in [7, 11) is 2.07. The molecule has 3 heteroatoms. The van der Waals surface area contributed by atoms with Crippen molar-refractivity contribution in [1.29, 1.82) is 0 Å². The van der Waals surface area contributed by atoms with Crippen molar-refractivity contribution >= 4 is 0 Å². The lowest BCUT2D eigenvalue weighted by molar-refractivity contribution is -0.00327. The number of likely N-dealkylation sites (N-methyl/N-ethyl adjacent to an activating group) is 1. The van der Waals surface area contributed by atoms with E-state index in [0.717, 1.165) is 26.1 Å². The van der Waals surface area contributed by atoms with Crippen LogP contribution in [0.1, 0.15) is 40.0 Å². The quantitative estimate of drug-likeness (QED) is 0.740. The summed E-state index contributed by atoms with van der Waals surface area (Å²) in [5.41, 5.74) is 0. The van der Waals surface area contributed by atoms with E-state index in [4.69, 9.17) is 4.74 Å². The van der Waals surface area contributed by atoms with E-state index < -0.39 is 0 Å². The summed E-state index contributed by atoms with van der Waals surface area (Å²) in [5, 5.41) is 3.42. The van der Waals surface area contributed by atoms with Crippen LogP contribution in [0.2, 0.25) is 0 Å². The number of piperidine rings is 1. The molecule has 17 heavy (non-hydrogen) atoms. The first kappa shape index (κ1) is 14.9. The molecule has 2 atom stereocenters. The topological polar surface area (TPSA) is 24.5 Å². The van der Waals surface area contributed by atoms with Crippen LogP contribution < -0.4 is 5.32 Å². The summed E-state index contributed by atoms with van der Waals surface area (Å²) in [5.74, 6) is 0.692. The molecule has 1 saturated heterocycles. The molecule has 1 N–H and O–H groups in total. The lowest BCUT2D eigenvalue weighted by Gasteiger charge is -2.35. The number of ether oxygens (including phenoxy) is 1. The first-order valence-corrected chi connectivity index (χ1v) is 7.18. The van der Waals surface area contributed by atoms with Gasteiger partial charge in [0.05, 0.1) is 6.10 Å². The summed E-state index contributed by atoms with van der Waals surface area (Å²) in [6.07, 6.45) is 4.11. The molecule has 0 saturated carbocycles. The van der Waals surface area contributed by atoms with Crippen molar-refractivity contribution in [3.05, 3.63) is 0 Å². The van der Waals surface area contributed by atoms with Crippen LogP contribution in [0.15, 0.2) is 0 Å². The van der Waals surface area contributed by atoms with Gasteiger partial charge in [0, 0.05) is 25.7 Å². The zero-order valence-electron chi connectivity index (χ0n) is 12.0. The summed E-state index contributed by atoms with van der Waals surface area (Å²) >= 11 is 0. The molecule has 0 amide bonds. The van der Waals surface area contributed by atoms with E-state index in [1.807, 2.05) is 0 Å². The van der Waals surface area contributed by atoms with Gasteiger partial charge in [-0.2, -0.15) is 0 Å². The van der Waals surface area contributed by atoms with Gasteiger partial charge in [-0.05, 0) is 38.8 Å². The Morgan fingerprint density at radius 2 is 2.18 bits per heavy atom. The molecule has 3 nitrogen and oxygen atoms in total. The van der Waals surface area contributed by atoms with Crippen molar-refractivity contribution in [2.45, 2.75) is 52.2 Å². The molecule has 0 aliphatic carbocycles. The molecular formula is C14H30N2O. The maximum Gasteiger partial charge on any atom is 0.0702 e. The van der Waals surface area contributed by atoms with Crippen LogP contribution in [0, 0.1) is 5.92 Å². The smallest absolute Gasteiger partial charge is 0.0702 e. The maximum absolute atomic E-state index is 5.88. The molecule has 0 radical (unpaired) electrons. The van der Waals surface area contributed by atoms with Crippen LogP contribution in [0.25, 0.3) is 0 Å². The maximum atomic E-state index is 5.88. The Balaban J connectivity index is 2.33. The molecule has 1 aliphatic rings. The standard InChI is InChI=1S/C14H30N2O/c1-5-9-17-13-7-6-8-16(10-13)11-14(15-4)12(2)3/h12-15H,5-11H2,1-4H3. The molecule has 0 aromatic rings. The zero-order valence-corrected chi connectivity index (χ0v) is 12.0. The van der Waals surface area contributed by atoms with Gasteiger partial charge in [0.15, 0.2) is 0 Å². The Hall–Kier alpha value is -0.120. The average molecular weight is 242 g/mol. The highest BCUT2D eigenvalue weighted by molar-refractivity contribution is 4.79. The first-order chi connectivity index (χ1) is 8.17. The Kier molecular flexibility index (Phi) is 7.09. The van der Waals surface area contributed by atoms with E-state index in [-0.39, 0.29) is 0 Å². The lowest BCUT2D eigenvalue weighted by Crippen LogP contribution is -2.48. The SMILES string of the molecule is CCCOC1CCCN(CC(NC)C(C)C)C1. The Bertz CT molecular complexity index is 197. The summed E-state index contributed by atoms with van der Waals surface area (Å²) < 4.78 is 5.88. The van der Waals surface area contributed by atoms with Crippen LogP contribution in [0.3, 0.4) is 0 Å². The van der Waals surface area contributed by atoms with Gasteiger partial charge >= 0.3 is 0 Å². The highest BCUT2D eigenvalue weighted by Gasteiger charge is 2.23. The van der Waals surface area contributed by atoms with E-state index >= 15 is 0 Å². The minimum absolute atomic E-state index is 0.466. The predicted octanol–water partition coefficient (Wildman–Crippen LogP) is 2.12. The molecule has 0 bridgehead atoms. The highest BCUT2D eigenvalue weighted by atomic mass is 16.5. The number of rotatable bonds is 7. The Labute approximate surface area is 107 Å². The third kappa shape index (κ3) is 5.36. The van der Waals surface area contributed by atoms with Crippen LogP contribution in [0.5, 0.6) is 0 Å². The number of nitrogens with one attached hydrogen (secondary N) is 1. The van der Waals surface area contributed by atoms with Gasteiger partial charge in [-0.15, -0.1) is 0 Å². The van der Waals surface area contributed by atoms with E-state index in [1.54, 1.807) is 0 Å². The third-order valence-corrected chi connectivity index (χ3v) is 3.65. The number of nitrogens with zero attached hydrogens (tertiary/aromatic N) is 1. The monoisotopic (exact) mass is 242 g/mol. The second-order valence-electron chi connectivity index (χ2n) is 5.53. The van der Waals surface area contributed by atoms with Crippen LogP contribution >= 0.6 is 0 Å². The van der Waals surface area contributed by atoms with Gasteiger partial charge < -0.3 is 10.1 Å². The van der Waals surface area contributed by atoms with Gasteiger partial charge in [-0.3, -0.25) is 4.90 Å². The van der Waals surface area contributed by atoms with Gasteiger partial charge in [0.2, 0.25) is 0 Å². The molecule has 1 heterocycles. The van der Waals surface area contributed by atoms with Crippen molar-refractivity contribution in [2.24, 2.45) is 5.92 Å². The number of hydrogen-bond acceptors (Lipinski definition) is 3. The van der Waals surface area contributed by atoms with Crippen molar-refractivity contribution in [3.8, 4) is 0 Å². The van der Waals surface area contributed by atoms with E-state index in [2.05, 4.69) is 38.0 Å². The first-order valence-electron chi connectivity index (χ1n) is 7.18. The molecule has 2 unspecified atom stereocenters. The van der Waals surface area contributed by atoms with E-state index in [9.17, 15) is 0 Å². The van der Waals surface area contributed by atoms with Crippen LogP contribution in [0.4, 0.5) is 0 Å². The van der Waals surface area contributed by atoms with Crippen LogP contribution in [-0.2, 0) is 4.74 Å². The number of likely N-dealkylation sites (tertiary alicyclic amines) is 1. The van der Waals surface area contributed by atoms with E-state index in [1.165, 1.54) is 19.4 Å². The summed E-state index contributed by atoms with van der Waals surface area (Å²) in [4.78, 5) is 2.56. The van der Waals surface area contributed by atoms with Gasteiger partial charge in [0.1, 0.15) is 0 Å². The molecule has 0 spiro atoms. The molecule has 1 fully saturated rings. The Morgan fingerprint density at radius 1 is 1.41 bits per heavy atom. The minimum atomic E-state index is 0.466. The number of hydrogen-bond donors (Lipinski definition) is 1. The van der Waals surface area contributed by atoms with Crippen LogP contribution in [-0.4, -0.2) is 50.3 Å². The molecule has 1 aliphatic heterocycles. The Morgan fingerprint density at radius 3 is 2.76 bits per heavy atom. The van der Waals surface area contributed by atoms with Crippen molar-refractivity contribution < 1.29 is 4.74 Å². The van der Waals surface area contributed by atoms with E-state index in [0.29, 0.717) is 18.1 Å². The fourth-order valence-electron chi connectivity index (χ4n) is 2.51. The van der Waals surface area contributed by atoms with Crippen molar-refractivity contribution in [1.82, 2.24) is 10.2 Å². The molecular weight excluding hydrogens is 212 g/mol. The molecule has 102 valence electrons. The van der Waals surface area contributed by atoms with Crippen molar-refractivity contribution in [3.63, 3.8) is 0 Å². The van der Waals surface area contributed by atoms with Gasteiger partial charge in [-0.1, -0.05) is 20.8 Å². The zero-order chi connectivity index (χ0) is 12.7. The third-order valence-electron chi connectivity index (χ3n) is 3.65. The summed E-state index contributed by atoms with van der Waals surface area (Å²) in [6.45, 7) is 11.2.